The third-order valence-electron chi connectivity index (χ3n) is 8.77. The fourth-order valence-corrected chi connectivity index (χ4v) is 6.65. The van der Waals surface area contributed by atoms with Crippen LogP contribution in [0.25, 0.3) is 44.0 Å². The van der Waals surface area contributed by atoms with E-state index in [1.807, 2.05) is 43.3 Å². The number of aliphatic hydroxyl groups is 1. The molecule has 0 atom stereocenters. The van der Waals surface area contributed by atoms with Crippen LogP contribution in [-0.4, -0.2) is 46.2 Å². The average Bonchev–Trinajstić information content (AvgIpc) is 3.78. The number of nitrogens with two attached hydrogens (primary N) is 1. The van der Waals surface area contributed by atoms with Crippen molar-refractivity contribution in [1.29, 1.82) is 5.26 Å². The van der Waals surface area contributed by atoms with Crippen LogP contribution in [0.5, 0.6) is 5.75 Å². The Morgan fingerprint density at radius 2 is 1.73 bits per heavy atom. The fourth-order valence-electron chi connectivity index (χ4n) is 6.17. The number of primary amides is 1. The highest BCUT2D eigenvalue weighted by molar-refractivity contribution is 7.85. The molecule has 0 bridgehead atoms. The van der Waals surface area contributed by atoms with Crippen LogP contribution in [0.1, 0.15) is 60.2 Å². The van der Waals surface area contributed by atoms with Crippen LogP contribution < -0.4 is 10.5 Å². The summed E-state index contributed by atoms with van der Waals surface area (Å²) in [6.45, 7) is 6.05. The van der Waals surface area contributed by atoms with Gasteiger partial charge >= 0.3 is 0 Å². The molecule has 0 radical (unpaired) electrons. The number of aromatic amines is 1. The number of imidazole rings is 1. The predicted molar refractivity (Wildman–Crippen MR) is 194 cm³/mol. The molecule has 0 saturated heterocycles. The first-order valence-corrected chi connectivity index (χ1v) is 17.9. The Morgan fingerprint density at radius 1 is 1.04 bits per heavy atom. The van der Waals surface area contributed by atoms with E-state index in [1.54, 1.807) is 26.0 Å². The number of H-pyrrole nitrogens is 1. The lowest BCUT2D eigenvalue weighted by Crippen LogP contribution is -2.21. The molecule has 7 rings (SSSR count). The summed E-state index contributed by atoms with van der Waals surface area (Å²) >= 11 is 0. The molecule has 1 saturated carbocycles. The molecule has 1 aliphatic carbocycles. The summed E-state index contributed by atoms with van der Waals surface area (Å²) < 4.78 is 49.9. The van der Waals surface area contributed by atoms with Crippen LogP contribution in [0, 0.1) is 30.0 Å². The molecule has 1 aliphatic rings. The Balaban J connectivity index is 0.000000349. The van der Waals surface area contributed by atoms with Crippen LogP contribution >= 0.6 is 0 Å². The number of amides is 1. The van der Waals surface area contributed by atoms with Gasteiger partial charge in [-0.3, -0.25) is 9.35 Å². The van der Waals surface area contributed by atoms with Crippen molar-refractivity contribution in [2.24, 2.45) is 11.7 Å². The van der Waals surface area contributed by atoms with Crippen molar-refractivity contribution in [3.8, 4) is 23.2 Å². The monoisotopic (exact) mass is 708 g/mol. The third-order valence-corrected chi connectivity index (χ3v) is 9.63. The third kappa shape index (κ3) is 8.02. The van der Waals surface area contributed by atoms with E-state index in [0.717, 1.165) is 62.9 Å². The van der Waals surface area contributed by atoms with Crippen LogP contribution in [0.15, 0.2) is 77.7 Å². The van der Waals surface area contributed by atoms with Crippen molar-refractivity contribution in [1.82, 2.24) is 9.97 Å². The van der Waals surface area contributed by atoms with Gasteiger partial charge in [0.15, 0.2) is 0 Å². The van der Waals surface area contributed by atoms with Crippen molar-refractivity contribution in [2.75, 3.05) is 6.61 Å². The molecule has 1 heterocycles. The topological polar surface area (TPSA) is 179 Å². The minimum Gasteiger partial charge on any atom is -0.494 e. The number of aryl methyl sites for hydroxylation is 1. The number of benzene rings is 5. The molecule has 0 aliphatic heterocycles. The van der Waals surface area contributed by atoms with E-state index < -0.39 is 27.4 Å². The number of ether oxygens (including phenoxy) is 1. The largest absolute Gasteiger partial charge is 0.494 e. The molecular formula is C39H37FN4O6S. The van der Waals surface area contributed by atoms with Gasteiger partial charge in [-0.05, 0) is 91.9 Å². The van der Waals surface area contributed by atoms with Crippen LogP contribution in [0.4, 0.5) is 4.39 Å². The van der Waals surface area contributed by atoms with Crippen LogP contribution in [-0.2, 0) is 16.5 Å². The maximum absolute atomic E-state index is 14.2. The zero-order valence-electron chi connectivity index (χ0n) is 28.3. The molecule has 51 heavy (non-hydrogen) atoms. The maximum Gasteiger partial charge on any atom is 0.294 e. The standard InChI is InChI=1S/C32H29FN4O3.C7H8O3S/c1-32(2,39)15-18-5-7-22-24(11-18)25-14-21(40-10-9-17-3-4-17)6-8-23(25)29-28(22)36-31(37-29)27-19(16-34)12-20(33)13-26(27)30(35)38;1-6-2-4-7(5-3-6)11(8,9)10/h5-8,11-14,17,39H,3-4,9-10,15H2,1-2H3,(H2,35,38)(H,36,37);2-5H,1H3,(H,8,9,10). The van der Waals surface area contributed by atoms with Gasteiger partial charge in [-0.15, -0.1) is 0 Å². The van der Waals surface area contributed by atoms with Gasteiger partial charge in [-0.25, -0.2) is 9.37 Å². The first-order chi connectivity index (χ1) is 24.1. The zero-order valence-corrected chi connectivity index (χ0v) is 29.1. The lowest BCUT2D eigenvalue weighted by atomic mass is 9.93. The Bertz CT molecular complexity index is 2460. The number of fused-ring (bicyclic) bond motifs is 6. The van der Waals surface area contributed by atoms with E-state index in [-0.39, 0.29) is 27.4 Å². The Morgan fingerprint density at radius 3 is 2.35 bits per heavy atom. The average molecular weight is 709 g/mol. The van der Waals surface area contributed by atoms with Crippen LogP contribution in [0.3, 0.4) is 0 Å². The number of aromatic nitrogens is 2. The van der Waals surface area contributed by atoms with Gasteiger partial charge in [-0.2, -0.15) is 13.7 Å². The summed E-state index contributed by atoms with van der Waals surface area (Å²) in [6.07, 6.45) is 4.05. The number of hydrogen-bond donors (Lipinski definition) is 4. The highest BCUT2D eigenvalue weighted by Gasteiger charge is 2.23. The van der Waals surface area contributed by atoms with Gasteiger partial charge < -0.3 is 20.6 Å². The summed E-state index contributed by atoms with van der Waals surface area (Å²) in [6, 6.07) is 22.0. The summed E-state index contributed by atoms with van der Waals surface area (Å²) in [5.41, 5.74) is 7.97. The number of halogens is 1. The van der Waals surface area contributed by atoms with Crippen molar-refractivity contribution < 1.29 is 32.0 Å². The number of hydrogen-bond acceptors (Lipinski definition) is 7. The quantitative estimate of drug-likeness (QED) is 0.0887. The van der Waals surface area contributed by atoms with Gasteiger partial charge in [0, 0.05) is 22.8 Å². The van der Waals surface area contributed by atoms with E-state index >= 15 is 0 Å². The van der Waals surface area contributed by atoms with E-state index in [2.05, 4.69) is 11.1 Å². The number of carbonyl (C=O) groups is 1. The zero-order chi connectivity index (χ0) is 36.7. The van der Waals surface area contributed by atoms with E-state index in [4.69, 9.17) is 20.0 Å². The second-order valence-corrected chi connectivity index (χ2v) is 15.0. The number of nitriles is 1. The molecule has 12 heteroatoms. The van der Waals surface area contributed by atoms with E-state index in [9.17, 15) is 28.0 Å². The fraction of sp³-hybridized carbons (Fsp3) is 0.256. The smallest absolute Gasteiger partial charge is 0.294 e. The SMILES string of the molecule is CC(C)(O)Cc1ccc2c(c1)c1cc(OCCC3CC3)ccc1c1nc(-c3c(C#N)cc(F)cc3C(N)=O)[nH]c21.Cc1ccc(S(=O)(=O)O)cc1. The minimum absolute atomic E-state index is 0.0414. The summed E-state index contributed by atoms with van der Waals surface area (Å²) in [7, 11) is -4.02. The molecule has 10 nitrogen and oxygen atoms in total. The molecular weight excluding hydrogens is 672 g/mol. The normalized spacial score (nSPS) is 13.2. The minimum atomic E-state index is -4.02. The van der Waals surface area contributed by atoms with Crippen LogP contribution in [0.2, 0.25) is 0 Å². The number of nitrogens with one attached hydrogen (secondary N) is 1. The molecule has 0 spiro atoms. The van der Waals surface area contributed by atoms with Crippen molar-refractivity contribution >= 4 is 48.6 Å². The Labute approximate surface area is 294 Å². The number of nitrogens with zero attached hydrogens (tertiary/aromatic N) is 2. The number of carbonyl (C=O) groups excluding carboxylic acids is 1. The highest BCUT2D eigenvalue weighted by Crippen LogP contribution is 2.39. The molecule has 5 aromatic carbocycles. The Hall–Kier alpha value is -5.35. The first kappa shape index (κ1) is 35.5. The van der Waals surface area contributed by atoms with E-state index in [1.165, 1.54) is 25.0 Å². The maximum atomic E-state index is 14.2. The summed E-state index contributed by atoms with van der Waals surface area (Å²) in [5.74, 6) is 0.196. The molecule has 1 aromatic heterocycles. The molecule has 262 valence electrons. The van der Waals surface area contributed by atoms with Gasteiger partial charge in [0.1, 0.15) is 23.5 Å². The molecule has 5 N–H and O–H groups in total. The number of rotatable bonds is 9. The van der Waals surface area contributed by atoms with Gasteiger partial charge in [-0.1, -0.05) is 48.7 Å². The van der Waals surface area contributed by atoms with E-state index in [0.29, 0.717) is 24.1 Å². The van der Waals surface area contributed by atoms with Gasteiger partial charge in [0.2, 0.25) is 5.91 Å². The summed E-state index contributed by atoms with van der Waals surface area (Å²) in [4.78, 5) is 20.3. The summed E-state index contributed by atoms with van der Waals surface area (Å²) in [5, 5.41) is 23.8. The lowest BCUT2D eigenvalue weighted by Gasteiger charge is -2.18. The van der Waals surface area contributed by atoms with Crippen molar-refractivity contribution in [3.63, 3.8) is 0 Å². The second kappa shape index (κ2) is 13.8. The predicted octanol–water partition coefficient (Wildman–Crippen LogP) is 7.38. The molecule has 1 fully saturated rings. The van der Waals surface area contributed by atoms with Crippen molar-refractivity contribution in [2.45, 2.75) is 57.0 Å². The molecule has 0 unspecified atom stereocenters. The highest BCUT2D eigenvalue weighted by atomic mass is 32.2. The van der Waals surface area contributed by atoms with Crippen molar-refractivity contribution in [3.05, 3.63) is 101 Å². The lowest BCUT2D eigenvalue weighted by molar-refractivity contribution is 0.0810. The molecule has 1 amide bonds. The Kier molecular flexibility index (Phi) is 9.57. The van der Waals surface area contributed by atoms with Gasteiger partial charge in [0.05, 0.1) is 39.3 Å². The van der Waals surface area contributed by atoms with Gasteiger partial charge in [0.25, 0.3) is 10.1 Å². The first-order valence-electron chi connectivity index (χ1n) is 16.4. The molecule has 6 aromatic rings. The second-order valence-electron chi connectivity index (χ2n) is 13.6.